The highest BCUT2D eigenvalue weighted by Gasteiger charge is 2.21. The highest BCUT2D eigenvalue weighted by molar-refractivity contribution is 9.10. The first-order valence-electron chi connectivity index (χ1n) is 8.64. The summed E-state index contributed by atoms with van der Waals surface area (Å²) in [6.45, 7) is 0.858. The number of hydrogen-bond acceptors (Lipinski definition) is 2. The van der Waals surface area contributed by atoms with E-state index in [0.717, 1.165) is 23.9 Å². The van der Waals surface area contributed by atoms with E-state index in [2.05, 4.69) is 50.8 Å². The van der Waals surface area contributed by atoms with Crippen LogP contribution in [0.4, 0.5) is 0 Å². The number of aryl methyl sites for hydroxylation is 1. The molecule has 128 valence electrons. The van der Waals surface area contributed by atoms with Crippen molar-refractivity contribution in [3.8, 4) is 0 Å². The second-order valence-corrected chi connectivity index (χ2v) is 7.48. The van der Waals surface area contributed by atoms with Gasteiger partial charge in [-0.2, -0.15) is 0 Å². The van der Waals surface area contributed by atoms with Crippen LogP contribution >= 0.6 is 15.9 Å². The van der Waals surface area contributed by atoms with Gasteiger partial charge < -0.3 is 9.30 Å². The van der Waals surface area contributed by atoms with E-state index in [9.17, 15) is 4.79 Å². The van der Waals surface area contributed by atoms with Gasteiger partial charge in [-0.15, -0.1) is 0 Å². The predicted molar refractivity (Wildman–Crippen MR) is 103 cm³/mol. The number of hydrogen-bond donors (Lipinski definition) is 0. The number of fused-ring (bicyclic) bond motifs is 3. The standard InChI is InChI=1S/C21H20BrNO2/c1-25-21(24)15-8-11-20-18(12-15)17-4-2-3-5-19(17)23(20)13-14-6-9-16(22)10-7-14/h6-12H,2-5,13H2,1H3. The van der Waals surface area contributed by atoms with Crippen molar-refractivity contribution in [2.45, 2.75) is 32.2 Å². The fourth-order valence-electron chi connectivity index (χ4n) is 3.83. The lowest BCUT2D eigenvalue weighted by Gasteiger charge is -2.16. The molecule has 0 unspecified atom stereocenters. The minimum Gasteiger partial charge on any atom is -0.465 e. The molecular formula is C21H20BrNO2. The summed E-state index contributed by atoms with van der Waals surface area (Å²) in [4.78, 5) is 11.9. The van der Waals surface area contributed by atoms with Crippen molar-refractivity contribution in [2.24, 2.45) is 0 Å². The molecule has 25 heavy (non-hydrogen) atoms. The molecule has 1 aliphatic carbocycles. The van der Waals surface area contributed by atoms with E-state index in [1.54, 1.807) is 0 Å². The van der Waals surface area contributed by atoms with Gasteiger partial charge in [-0.05, 0) is 67.1 Å². The molecule has 0 saturated carbocycles. The lowest BCUT2D eigenvalue weighted by molar-refractivity contribution is 0.0601. The van der Waals surface area contributed by atoms with Gasteiger partial charge in [-0.3, -0.25) is 0 Å². The van der Waals surface area contributed by atoms with Gasteiger partial charge in [0.1, 0.15) is 0 Å². The van der Waals surface area contributed by atoms with Crippen LogP contribution in [-0.4, -0.2) is 17.6 Å². The molecule has 0 atom stereocenters. The molecule has 1 heterocycles. The van der Waals surface area contributed by atoms with Crippen LogP contribution in [0.5, 0.6) is 0 Å². The second-order valence-electron chi connectivity index (χ2n) is 6.57. The topological polar surface area (TPSA) is 31.2 Å². The number of methoxy groups -OCH3 is 1. The Balaban J connectivity index is 1.85. The highest BCUT2D eigenvalue weighted by Crippen LogP contribution is 2.33. The first-order valence-corrected chi connectivity index (χ1v) is 9.43. The molecule has 4 heteroatoms. The summed E-state index contributed by atoms with van der Waals surface area (Å²) in [7, 11) is 1.43. The van der Waals surface area contributed by atoms with Gasteiger partial charge in [0.05, 0.1) is 12.7 Å². The Bertz CT molecular complexity index is 941. The van der Waals surface area contributed by atoms with E-state index < -0.39 is 0 Å². The number of rotatable bonds is 3. The second kappa shape index (κ2) is 6.68. The molecule has 3 nitrogen and oxygen atoms in total. The zero-order chi connectivity index (χ0) is 17.4. The molecule has 0 fully saturated rings. The third-order valence-electron chi connectivity index (χ3n) is 5.05. The zero-order valence-corrected chi connectivity index (χ0v) is 15.8. The Labute approximate surface area is 155 Å². The molecule has 3 aromatic rings. The molecule has 2 aromatic carbocycles. The van der Waals surface area contributed by atoms with Gasteiger partial charge in [-0.25, -0.2) is 4.79 Å². The van der Waals surface area contributed by atoms with Crippen LogP contribution in [0.1, 0.15) is 40.0 Å². The largest absolute Gasteiger partial charge is 0.465 e. The first-order chi connectivity index (χ1) is 12.2. The summed E-state index contributed by atoms with van der Waals surface area (Å²) in [5, 5.41) is 1.20. The van der Waals surface area contributed by atoms with Crippen molar-refractivity contribution < 1.29 is 9.53 Å². The van der Waals surface area contributed by atoms with E-state index in [1.807, 2.05) is 12.1 Å². The van der Waals surface area contributed by atoms with Crippen LogP contribution in [-0.2, 0) is 24.1 Å². The maximum Gasteiger partial charge on any atom is 0.337 e. The van der Waals surface area contributed by atoms with Gasteiger partial charge in [0, 0.05) is 27.6 Å². The quantitative estimate of drug-likeness (QED) is 0.574. The van der Waals surface area contributed by atoms with Gasteiger partial charge in [-0.1, -0.05) is 28.1 Å². The average molecular weight is 398 g/mol. The monoisotopic (exact) mass is 397 g/mol. The Morgan fingerprint density at radius 2 is 1.88 bits per heavy atom. The van der Waals surface area contributed by atoms with E-state index in [-0.39, 0.29) is 5.97 Å². The van der Waals surface area contributed by atoms with Gasteiger partial charge in [0.15, 0.2) is 0 Å². The van der Waals surface area contributed by atoms with E-state index in [4.69, 9.17) is 4.74 Å². The molecule has 0 bridgehead atoms. The van der Waals surface area contributed by atoms with Gasteiger partial charge in [0.25, 0.3) is 0 Å². The number of carbonyl (C=O) groups is 1. The smallest absolute Gasteiger partial charge is 0.337 e. The fraction of sp³-hybridized carbons (Fsp3) is 0.286. The van der Waals surface area contributed by atoms with Gasteiger partial charge in [0.2, 0.25) is 0 Å². The molecule has 0 saturated heterocycles. The van der Waals surface area contributed by atoms with Crippen molar-refractivity contribution in [3.63, 3.8) is 0 Å². The van der Waals surface area contributed by atoms with Crippen LogP contribution in [0.2, 0.25) is 0 Å². The normalized spacial score (nSPS) is 13.7. The summed E-state index contributed by atoms with van der Waals surface area (Å²) in [5.74, 6) is -0.271. The summed E-state index contributed by atoms with van der Waals surface area (Å²) in [6.07, 6.45) is 4.64. The Morgan fingerprint density at radius 1 is 1.12 bits per heavy atom. The van der Waals surface area contributed by atoms with Crippen molar-refractivity contribution in [1.29, 1.82) is 0 Å². The molecule has 0 aliphatic heterocycles. The predicted octanol–water partition coefficient (Wildman–Crippen LogP) is 5.12. The third kappa shape index (κ3) is 2.99. The first kappa shape index (κ1) is 16.4. The number of benzene rings is 2. The minimum absolute atomic E-state index is 0.271. The van der Waals surface area contributed by atoms with Crippen molar-refractivity contribution in [1.82, 2.24) is 4.57 Å². The number of halogens is 1. The average Bonchev–Trinajstić information content (AvgIpc) is 2.96. The Morgan fingerprint density at radius 3 is 2.64 bits per heavy atom. The summed E-state index contributed by atoms with van der Waals surface area (Å²) in [5.41, 5.74) is 5.95. The van der Waals surface area contributed by atoms with Crippen LogP contribution in [0.15, 0.2) is 46.9 Å². The summed E-state index contributed by atoms with van der Waals surface area (Å²) < 4.78 is 8.41. The van der Waals surface area contributed by atoms with Gasteiger partial charge >= 0.3 is 5.97 Å². The number of carbonyl (C=O) groups excluding carboxylic acids is 1. The lowest BCUT2D eigenvalue weighted by Crippen LogP contribution is -2.09. The minimum atomic E-state index is -0.271. The van der Waals surface area contributed by atoms with E-state index in [0.29, 0.717) is 5.56 Å². The molecular weight excluding hydrogens is 378 g/mol. The molecule has 0 N–H and O–H groups in total. The van der Waals surface area contributed by atoms with E-state index >= 15 is 0 Å². The molecule has 1 aliphatic rings. The Kier molecular flexibility index (Phi) is 4.38. The van der Waals surface area contributed by atoms with E-state index in [1.165, 1.54) is 47.7 Å². The molecule has 0 spiro atoms. The lowest BCUT2D eigenvalue weighted by atomic mass is 9.95. The maximum absolute atomic E-state index is 11.9. The van der Waals surface area contributed by atoms with Crippen LogP contribution in [0, 0.1) is 0 Å². The maximum atomic E-state index is 11.9. The van der Waals surface area contributed by atoms with Crippen molar-refractivity contribution >= 4 is 32.8 Å². The van der Waals surface area contributed by atoms with Crippen molar-refractivity contribution in [2.75, 3.05) is 7.11 Å². The Hall–Kier alpha value is -2.07. The summed E-state index contributed by atoms with van der Waals surface area (Å²) in [6, 6.07) is 14.4. The summed E-state index contributed by atoms with van der Waals surface area (Å²) >= 11 is 3.50. The molecule has 0 radical (unpaired) electrons. The third-order valence-corrected chi connectivity index (χ3v) is 5.58. The SMILES string of the molecule is COC(=O)c1ccc2c(c1)c1c(n2Cc2ccc(Br)cc2)CCCC1. The molecule has 1 aromatic heterocycles. The number of nitrogens with zero attached hydrogens (tertiary/aromatic N) is 1. The zero-order valence-electron chi connectivity index (χ0n) is 14.2. The number of aromatic nitrogens is 1. The number of esters is 1. The molecule has 0 amide bonds. The highest BCUT2D eigenvalue weighted by atomic mass is 79.9. The van der Waals surface area contributed by atoms with Crippen LogP contribution in [0.3, 0.4) is 0 Å². The molecule has 4 rings (SSSR count). The number of ether oxygens (including phenoxy) is 1. The fourth-order valence-corrected chi connectivity index (χ4v) is 4.10. The van der Waals surface area contributed by atoms with Crippen LogP contribution in [0.25, 0.3) is 10.9 Å². The van der Waals surface area contributed by atoms with Crippen molar-refractivity contribution in [3.05, 3.63) is 69.3 Å². The van der Waals surface area contributed by atoms with Crippen LogP contribution < -0.4 is 0 Å².